The number of hydrogen-bond acceptors (Lipinski definition) is 8. The Morgan fingerprint density at radius 2 is 0.943 bits per heavy atom. The lowest BCUT2D eigenvalue weighted by Crippen LogP contribution is -2.33. The molecular weight excluding hydrogens is 869 g/mol. The molecule has 2 N–H and O–H groups in total. The van der Waals surface area contributed by atoms with E-state index in [0.29, 0.717) is 26.1 Å². The summed E-state index contributed by atoms with van der Waals surface area (Å²) < 4.78 is 12.2. The normalized spacial score (nSPS) is 21.2. The van der Waals surface area contributed by atoms with Crippen molar-refractivity contribution in [3.63, 3.8) is 0 Å². The number of likely N-dealkylation sites (tertiary alicyclic amines) is 2. The number of phenolic OH excluding ortho intramolecular Hbond substituents is 2. The van der Waals surface area contributed by atoms with Gasteiger partial charge in [-0.25, -0.2) is 0 Å². The average Bonchev–Trinajstić information content (AvgIpc) is 4.06. The molecule has 0 radical (unpaired) electrons. The third-order valence-electron chi connectivity index (χ3n) is 15.8. The minimum atomic E-state index is -0.771. The highest BCUT2D eigenvalue weighted by Gasteiger charge is 2.54. The van der Waals surface area contributed by atoms with E-state index in [2.05, 4.69) is 96.5 Å². The number of piperidine rings is 2. The summed E-state index contributed by atoms with van der Waals surface area (Å²) in [6.45, 7) is 11.9. The van der Waals surface area contributed by atoms with Crippen LogP contribution in [0.25, 0.3) is 23.3 Å². The first-order valence-electron chi connectivity index (χ1n) is 25.4. The molecule has 12 rings (SSSR count). The summed E-state index contributed by atoms with van der Waals surface area (Å²) in [4.78, 5) is 33.3. The highest BCUT2D eigenvalue weighted by molar-refractivity contribution is 6.22. The number of benzene rings is 6. The van der Waals surface area contributed by atoms with Crippen LogP contribution in [0.5, 0.6) is 23.0 Å². The zero-order valence-electron chi connectivity index (χ0n) is 40.4. The topological polar surface area (TPSA) is 99.5 Å². The number of hydrogen-bond donors (Lipinski definition) is 2. The molecule has 70 heavy (non-hydrogen) atoms. The summed E-state index contributed by atoms with van der Waals surface area (Å²) in [5.41, 5.74) is 12.3. The summed E-state index contributed by atoms with van der Waals surface area (Å²) in [6, 6.07) is 39.4. The van der Waals surface area contributed by atoms with Crippen molar-refractivity contribution in [3.8, 4) is 23.0 Å². The van der Waals surface area contributed by atoms with Crippen molar-refractivity contribution in [1.82, 2.24) is 9.80 Å². The monoisotopic (exact) mass is 930 g/mol. The van der Waals surface area contributed by atoms with Gasteiger partial charge in [0.1, 0.15) is 36.2 Å². The number of rotatable bonds is 10. The van der Waals surface area contributed by atoms with Crippen LogP contribution in [-0.4, -0.2) is 84.1 Å². The molecule has 2 atom stereocenters. The second kappa shape index (κ2) is 18.9. The molecule has 6 aliphatic rings. The number of fused-ring (bicyclic) bond motifs is 6. The number of aromatic hydroxyl groups is 2. The lowest BCUT2D eigenvalue weighted by Gasteiger charge is -2.28. The predicted octanol–water partition coefficient (Wildman–Crippen LogP) is 11.6. The Kier molecular flexibility index (Phi) is 12.3. The summed E-state index contributed by atoms with van der Waals surface area (Å²) >= 11 is 0. The molecule has 2 aliphatic heterocycles. The van der Waals surface area contributed by atoms with E-state index in [4.69, 9.17) is 9.47 Å². The number of Topliss-reactive ketones (excluding diaryl/α,β-unsaturated/α-hetero) is 2. The summed E-state index contributed by atoms with van der Waals surface area (Å²) in [7, 11) is 0. The minimum absolute atomic E-state index is 0.116. The lowest BCUT2D eigenvalue weighted by molar-refractivity contribution is 0.0933. The third kappa shape index (κ3) is 8.35. The number of carbonyl (C=O) groups excluding carboxylic acids is 2. The van der Waals surface area contributed by atoms with Gasteiger partial charge >= 0.3 is 0 Å². The van der Waals surface area contributed by atoms with Crippen molar-refractivity contribution in [2.75, 3.05) is 52.5 Å². The molecule has 2 heterocycles. The van der Waals surface area contributed by atoms with Crippen molar-refractivity contribution >= 4 is 34.9 Å². The fourth-order valence-electron chi connectivity index (χ4n) is 12.1. The van der Waals surface area contributed by atoms with Crippen LogP contribution in [0.15, 0.2) is 121 Å². The largest absolute Gasteiger partial charge is 0.508 e. The van der Waals surface area contributed by atoms with Crippen LogP contribution in [0.2, 0.25) is 0 Å². The Morgan fingerprint density at radius 1 is 0.486 bits per heavy atom. The molecule has 6 aromatic rings. The van der Waals surface area contributed by atoms with E-state index < -0.39 is 10.8 Å². The van der Waals surface area contributed by atoms with Crippen molar-refractivity contribution in [2.24, 2.45) is 0 Å². The molecule has 2 saturated heterocycles. The van der Waals surface area contributed by atoms with Gasteiger partial charge in [0.15, 0.2) is 11.6 Å². The third-order valence-corrected chi connectivity index (χ3v) is 15.8. The van der Waals surface area contributed by atoms with E-state index in [0.717, 1.165) is 118 Å². The standard InChI is InChI=1S/2C31H31NO3/c1-21-5-7-22(8-6-21)29-19-23-17-25(33)9-12-28(23)31(29)20-24-18-26(10-11-27(24)30(31)34)35-16-15-32-13-3-2-4-14-32;1-21-5-7-22(8-6-21)29-18-24-17-25(33)10-12-28(24)31(29)20-23-9-11-26(19-27(23)30(31)34)35-16-15-32-13-3-2-4-14-32/h2*5-12,17-19,33H,2-4,13-16,20H2,1H3. The molecule has 0 saturated carbocycles. The van der Waals surface area contributed by atoms with Crippen LogP contribution in [-0.2, 0) is 23.7 Å². The molecule has 356 valence electrons. The van der Waals surface area contributed by atoms with E-state index >= 15 is 0 Å². The second-order valence-electron chi connectivity index (χ2n) is 20.4. The first-order chi connectivity index (χ1) is 34.1. The molecule has 8 nitrogen and oxygen atoms in total. The maximum absolute atomic E-state index is 14.2. The Hall–Kier alpha value is -6.74. The number of phenols is 2. The number of ether oxygens (including phenoxy) is 2. The Bertz CT molecular complexity index is 2940. The smallest absolute Gasteiger partial charge is 0.178 e. The highest BCUT2D eigenvalue weighted by Crippen LogP contribution is 2.56. The number of ketones is 2. The van der Waals surface area contributed by atoms with Gasteiger partial charge in [-0.3, -0.25) is 19.4 Å². The van der Waals surface area contributed by atoms with Gasteiger partial charge in [-0.2, -0.15) is 0 Å². The molecule has 8 heteroatoms. The molecule has 6 aromatic carbocycles. The lowest BCUT2D eigenvalue weighted by atomic mass is 9.71. The number of nitrogens with zero attached hydrogens (tertiary/aromatic N) is 2. The highest BCUT2D eigenvalue weighted by atomic mass is 16.5. The van der Waals surface area contributed by atoms with Crippen molar-refractivity contribution in [3.05, 3.63) is 188 Å². The second-order valence-corrected chi connectivity index (χ2v) is 20.4. The molecule has 0 amide bonds. The first kappa shape index (κ1) is 45.7. The minimum Gasteiger partial charge on any atom is -0.508 e. The van der Waals surface area contributed by atoms with Crippen LogP contribution < -0.4 is 9.47 Å². The quantitative estimate of drug-likeness (QED) is 0.140. The van der Waals surface area contributed by atoms with Crippen LogP contribution in [0.4, 0.5) is 0 Å². The number of aryl methyl sites for hydroxylation is 2. The number of carbonyl (C=O) groups is 2. The Balaban J connectivity index is 0.000000152. The van der Waals surface area contributed by atoms with E-state index in [1.807, 2.05) is 36.4 Å². The molecule has 2 spiro atoms. The van der Waals surface area contributed by atoms with E-state index in [1.54, 1.807) is 24.3 Å². The molecular formula is C62H62N2O6. The van der Waals surface area contributed by atoms with Gasteiger partial charge in [0.25, 0.3) is 0 Å². The zero-order chi connectivity index (χ0) is 48.0. The van der Waals surface area contributed by atoms with Gasteiger partial charge in [-0.1, -0.05) is 90.7 Å². The van der Waals surface area contributed by atoms with Crippen LogP contribution in [0.3, 0.4) is 0 Å². The molecule has 0 bridgehead atoms. The van der Waals surface area contributed by atoms with Crippen LogP contribution in [0.1, 0.15) is 115 Å². The van der Waals surface area contributed by atoms with E-state index in [-0.39, 0.29) is 23.1 Å². The van der Waals surface area contributed by atoms with Crippen molar-refractivity contribution in [1.29, 1.82) is 0 Å². The van der Waals surface area contributed by atoms with Crippen LogP contribution in [0, 0.1) is 13.8 Å². The zero-order valence-corrected chi connectivity index (χ0v) is 40.4. The van der Waals surface area contributed by atoms with Gasteiger partial charge in [-0.05, 0) is 201 Å². The maximum Gasteiger partial charge on any atom is 0.178 e. The molecule has 2 unspecified atom stereocenters. The van der Waals surface area contributed by atoms with Gasteiger partial charge in [0.05, 0.1) is 10.8 Å². The van der Waals surface area contributed by atoms with E-state index in [1.165, 1.54) is 49.7 Å². The Labute approximate surface area is 411 Å². The van der Waals surface area contributed by atoms with Gasteiger partial charge in [-0.15, -0.1) is 0 Å². The fraction of sp³-hybridized carbons (Fsp3) is 0.323. The van der Waals surface area contributed by atoms with Gasteiger partial charge in [0, 0.05) is 24.2 Å². The SMILES string of the molecule is Cc1ccc(C2=Cc3cc(O)ccc3C23Cc2cc(OCCN4CCCCC4)ccc2C3=O)cc1.Cc1ccc(C2=Cc3cc(O)ccc3C23Cc2ccc(OCCN4CCCCC4)cc2C3=O)cc1. The summed E-state index contributed by atoms with van der Waals surface area (Å²) in [5, 5.41) is 20.3. The van der Waals surface area contributed by atoms with E-state index in [9.17, 15) is 19.8 Å². The first-order valence-corrected chi connectivity index (χ1v) is 25.4. The van der Waals surface area contributed by atoms with Gasteiger partial charge < -0.3 is 19.7 Å². The van der Waals surface area contributed by atoms with Crippen LogP contribution >= 0.6 is 0 Å². The number of allylic oxidation sites excluding steroid dienone is 2. The molecule has 0 aromatic heterocycles. The Morgan fingerprint density at radius 3 is 1.46 bits per heavy atom. The summed E-state index contributed by atoms with van der Waals surface area (Å²) in [6.07, 6.45) is 13.1. The fourth-order valence-corrected chi connectivity index (χ4v) is 12.1. The summed E-state index contributed by atoms with van der Waals surface area (Å²) in [5.74, 6) is 2.26. The average molecular weight is 931 g/mol. The molecule has 2 fully saturated rings. The molecule has 4 aliphatic carbocycles. The van der Waals surface area contributed by atoms with Crippen molar-refractivity contribution in [2.45, 2.75) is 76.0 Å². The predicted molar refractivity (Wildman–Crippen MR) is 278 cm³/mol. The van der Waals surface area contributed by atoms with Gasteiger partial charge in [0.2, 0.25) is 0 Å². The maximum atomic E-state index is 14.2. The van der Waals surface area contributed by atoms with Crippen molar-refractivity contribution < 1.29 is 29.3 Å².